The summed E-state index contributed by atoms with van der Waals surface area (Å²) in [4.78, 5) is 0. The highest BCUT2D eigenvalue weighted by atomic mass is 16.3. The maximum atomic E-state index is 9.38. The van der Waals surface area contributed by atoms with E-state index in [4.69, 9.17) is 0 Å². The lowest BCUT2D eigenvalue weighted by Crippen LogP contribution is -2.31. The predicted octanol–water partition coefficient (Wildman–Crippen LogP) is 2.71. The van der Waals surface area contributed by atoms with Gasteiger partial charge < -0.3 is 10.4 Å². The first-order valence-corrected chi connectivity index (χ1v) is 6.15. The van der Waals surface area contributed by atoms with E-state index >= 15 is 0 Å². The third-order valence-corrected chi connectivity index (χ3v) is 2.78. The molecule has 0 aliphatic heterocycles. The Kier molecular flexibility index (Phi) is 9.42. The van der Waals surface area contributed by atoms with E-state index in [2.05, 4.69) is 19.2 Å². The lowest BCUT2D eigenvalue weighted by molar-refractivity contribution is 0.158. The van der Waals surface area contributed by atoms with Gasteiger partial charge in [0.2, 0.25) is 0 Å². The number of aliphatic hydroxyl groups is 1. The second-order valence-corrected chi connectivity index (χ2v) is 4.05. The fourth-order valence-electron chi connectivity index (χ4n) is 1.56. The molecule has 2 nitrogen and oxygen atoms in total. The molecular weight excluding hydrogens is 174 g/mol. The first-order valence-electron chi connectivity index (χ1n) is 6.15. The summed E-state index contributed by atoms with van der Waals surface area (Å²) in [5.74, 6) is 0. The molecule has 0 aromatic carbocycles. The molecule has 2 heteroatoms. The van der Waals surface area contributed by atoms with Crippen molar-refractivity contribution in [1.82, 2.24) is 5.32 Å². The van der Waals surface area contributed by atoms with Gasteiger partial charge in [0.05, 0.1) is 6.10 Å². The number of hydrogen-bond acceptors (Lipinski definition) is 2. The predicted molar refractivity (Wildman–Crippen MR) is 62.5 cm³/mol. The van der Waals surface area contributed by atoms with Crippen LogP contribution >= 0.6 is 0 Å². The molecule has 0 aliphatic carbocycles. The van der Waals surface area contributed by atoms with E-state index in [1.165, 1.54) is 25.7 Å². The van der Waals surface area contributed by atoms with E-state index in [1.807, 2.05) is 6.92 Å². The molecule has 0 bridgehead atoms. The quantitative estimate of drug-likeness (QED) is 0.601. The molecule has 14 heavy (non-hydrogen) atoms. The average Bonchev–Trinajstić information content (AvgIpc) is 2.22. The Hall–Kier alpha value is -0.0800. The molecule has 0 spiro atoms. The van der Waals surface area contributed by atoms with E-state index in [-0.39, 0.29) is 6.10 Å². The second-order valence-electron chi connectivity index (χ2n) is 4.05. The lowest BCUT2D eigenvalue weighted by atomic mass is 10.1. The third-order valence-electron chi connectivity index (χ3n) is 2.78. The number of hydrogen-bond donors (Lipinski definition) is 2. The van der Waals surface area contributed by atoms with E-state index in [0.717, 1.165) is 19.4 Å². The Bertz CT molecular complexity index is 117. The molecule has 2 N–H and O–H groups in total. The van der Waals surface area contributed by atoms with Crippen molar-refractivity contribution in [1.29, 1.82) is 0 Å². The largest absolute Gasteiger partial charge is 0.393 e. The maximum Gasteiger partial charge on any atom is 0.0549 e. The minimum Gasteiger partial charge on any atom is -0.393 e. The molecule has 0 aromatic rings. The maximum absolute atomic E-state index is 9.38. The Morgan fingerprint density at radius 3 is 2.29 bits per heavy atom. The molecule has 0 fully saturated rings. The molecule has 0 aliphatic rings. The van der Waals surface area contributed by atoms with Gasteiger partial charge in [-0.25, -0.2) is 0 Å². The van der Waals surface area contributed by atoms with Crippen molar-refractivity contribution < 1.29 is 5.11 Å². The minimum atomic E-state index is -0.119. The summed E-state index contributed by atoms with van der Waals surface area (Å²) >= 11 is 0. The van der Waals surface area contributed by atoms with E-state index in [9.17, 15) is 5.11 Å². The molecule has 2 atom stereocenters. The normalized spacial score (nSPS) is 15.4. The molecule has 0 amide bonds. The summed E-state index contributed by atoms with van der Waals surface area (Å²) < 4.78 is 0. The van der Waals surface area contributed by atoms with Gasteiger partial charge in [-0.3, -0.25) is 0 Å². The molecule has 0 aromatic heterocycles. The fraction of sp³-hybridized carbons (Fsp3) is 1.00. The molecular formula is C12H27NO. The Labute approximate surface area is 89.1 Å². The van der Waals surface area contributed by atoms with Crippen LogP contribution in [0.2, 0.25) is 0 Å². The van der Waals surface area contributed by atoms with Crippen LogP contribution in [0, 0.1) is 0 Å². The Balaban J connectivity index is 3.42. The van der Waals surface area contributed by atoms with Gasteiger partial charge in [0, 0.05) is 6.04 Å². The molecule has 0 saturated heterocycles. The Morgan fingerprint density at radius 1 is 1.07 bits per heavy atom. The first-order chi connectivity index (χ1) is 6.74. The zero-order chi connectivity index (χ0) is 10.8. The highest BCUT2D eigenvalue weighted by molar-refractivity contribution is 4.65. The zero-order valence-electron chi connectivity index (χ0n) is 10.1. The Morgan fingerprint density at radius 2 is 1.79 bits per heavy atom. The van der Waals surface area contributed by atoms with E-state index in [1.54, 1.807) is 0 Å². The van der Waals surface area contributed by atoms with Gasteiger partial charge in [0.1, 0.15) is 0 Å². The third kappa shape index (κ3) is 7.34. The molecule has 2 unspecified atom stereocenters. The minimum absolute atomic E-state index is 0.119. The van der Waals surface area contributed by atoms with Gasteiger partial charge in [-0.15, -0.1) is 0 Å². The average molecular weight is 201 g/mol. The fourth-order valence-corrected chi connectivity index (χ4v) is 1.56. The van der Waals surface area contributed by atoms with Crippen LogP contribution in [-0.4, -0.2) is 23.8 Å². The number of aliphatic hydroxyl groups excluding tert-OH is 1. The van der Waals surface area contributed by atoms with Crippen molar-refractivity contribution in [3.05, 3.63) is 0 Å². The van der Waals surface area contributed by atoms with Crippen molar-refractivity contribution in [3.8, 4) is 0 Å². The van der Waals surface area contributed by atoms with Crippen LogP contribution in [-0.2, 0) is 0 Å². The summed E-state index contributed by atoms with van der Waals surface area (Å²) in [7, 11) is 0. The molecule has 0 rings (SSSR count). The van der Waals surface area contributed by atoms with E-state index < -0.39 is 0 Å². The van der Waals surface area contributed by atoms with Crippen LogP contribution in [0.3, 0.4) is 0 Å². The van der Waals surface area contributed by atoms with Crippen molar-refractivity contribution >= 4 is 0 Å². The van der Waals surface area contributed by atoms with Crippen LogP contribution in [0.15, 0.2) is 0 Å². The second kappa shape index (κ2) is 9.47. The van der Waals surface area contributed by atoms with Gasteiger partial charge in [0.25, 0.3) is 0 Å². The number of nitrogens with one attached hydrogen (secondary N) is 1. The number of rotatable bonds is 9. The highest BCUT2D eigenvalue weighted by Crippen LogP contribution is 2.04. The lowest BCUT2D eigenvalue weighted by Gasteiger charge is -2.17. The van der Waals surface area contributed by atoms with Crippen molar-refractivity contribution in [2.24, 2.45) is 0 Å². The van der Waals surface area contributed by atoms with Crippen molar-refractivity contribution in [3.63, 3.8) is 0 Å². The van der Waals surface area contributed by atoms with Crippen LogP contribution in [0.5, 0.6) is 0 Å². The van der Waals surface area contributed by atoms with E-state index in [0.29, 0.717) is 6.04 Å². The summed E-state index contributed by atoms with van der Waals surface area (Å²) in [6, 6.07) is 0.652. The molecule has 0 saturated carbocycles. The SMILES string of the molecule is CCCCC(CC)NCCC(O)CC. The smallest absolute Gasteiger partial charge is 0.0549 e. The van der Waals surface area contributed by atoms with Crippen LogP contribution in [0.1, 0.15) is 59.3 Å². The van der Waals surface area contributed by atoms with Crippen LogP contribution < -0.4 is 5.32 Å². The summed E-state index contributed by atoms with van der Waals surface area (Å²) in [5.41, 5.74) is 0. The summed E-state index contributed by atoms with van der Waals surface area (Å²) in [6.45, 7) is 7.44. The summed E-state index contributed by atoms with van der Waals surface area (Å²) in [5, 5.41) is 12.9. The van der Waals surface area contributed by atoms with Crippen LogP contribution in [0.25, 0.3) is 0 Å². The van der Waals surface area contributed by atoms with Crippen molar-refractivity contribution in [2.75, 3.05) is 6.54 Å². The van der Waals surface area contributed by atoms with Crippen LogP contribution in [0.4, 0.5) is 0 Å². The first kappa shape index (κ1) is 13.9. The monoisotopic (exact) mass is 201 g/mol. The molecule has 86 valence electrons. The van der Waals surface area contributed by atoms with Crippen molar-refractivity contribution in [2.45, 2.75) is 71.4 Å². The molecule has 0 heterocycles. The van der Waals surface area contributed by atoms with Gasteiger partial charge in [0.15, 0.2) is 0 Å². The summed E-state index contributed by atoms with van der Waals surface area (Å²) in [6.07, 6.45) is 6.69. The van der Waals surface area contributed by atoms with Gasteiger partial charge in [-0.05, 0) is 32.2 Å². The van der Waals surface area contributed by atoms with Gasteiger partial charge in [-0.2, -0.15) is 0 Å². The zero-order valence-corrected chi connectivity index (χ0v) is 10.1. The molecule has 0 radical (unpaired) electrons. The topological polar surface area (TPSA) is 32.3 Å². The van der Waals surface area contributed by atoms with Gasteiger partial charge in [-0.1, -0.05) is 33.6 Å². The number of unbranched alkanes of at least 4 members (excludes halogenated alkanes) is 1. The highest BCUT2D eigenvalue weighted by Gasteiger charge is 2.05. The van der Waals surface area contributed by atoms with Gasteiger partial charge >= 0.3 is 0 Å². The standard InChI is InChI=1S/C12H27NO/c1-4-7-8-11(5-2)13-10-9-12(14)6-3/h11-14H,4-10H2,1-3H3.